The first-order chi connectivity index (χ1) is 7.54. The predicted molar refractivity (Wildman–Crippen MR) is 68.5 cm³/mol. The quantitative estimate of drug-likeness (QED) is 0.765. The minimum atomic E-state index is 0.327. The molecule has 3 heteroatoms. The van der Waals surface area contributed by atoms with Gasteiger partial charge in [0.05, 0.1) is 0 Å². The molecule has 1 spiro atoms. The number of nitrogens with two attached hydrogens (primary N) is 1. The van der Waals surface area contributed by atoms with Crippen LogP contribution >= 0.6 is 0 Å². The Bertz CT molecular complexity index is 219. The van der Waals surface area contributed by atoms with Crippen molar-refractivity contribution in [3.8, 4) is 0 Å². The highest BCUT2D eigenvalue weighted by molar-refractivity contribution is 5.05. The maximum Gasteiger partial charge on any atom is 0.0382 e. The summed E-state index contributed by atoms with van der Waals surface area (Å²) in [6, 6.07) is 0.402. The van der Waals surface area contributed by atoms with Crippen molar-refractivity contribution < 1.29 is 0 Å². The van der Waals surface area contributed by atoms with E-state index in [1.807, 2.05) is 0 Å². The Morgan fingerprint density at radius 3 is 2.31 bits per heavy atom. The van der Waals surface area contributed by atoms with Crippen LogP contribution in [0.3, 0.4) is 0 Å². The Kier molecular flexibility index (Phi) is 3.57. The third-order valence-corrected chi connectivity index (χ3v) is 4.57. The van der Waals surface area contributed by atoms with E-state index in [0.29, 0.717) is 11.6 Å². The molecule has 2 heterocycles. The zero-order valence-electron chi connectivity index (χ0n) is 11.1. The number of likely N-dealkylation sites (tertiary alicyclic amines) is 2. The molecule has 0 bridgehead atoms. The Balaban J connectivity index is 1.93. The van der Waals surface area contributed by atoms with Gasteiger partial charge in [0, 0.05) is 18.1 Å². The number of hydrogen-bond acceptors (Lipinski definition) is 3. The van der Waals surface area contributed by atoms with Crippen molar-refractivity contribution in [2.24, 2.45) is 11.7 Å². The smallest absolute Gasteiger partial charge is 0.0382 e. The lowest BCUT2D eigenvalue weighted by Crippen LogP contribution is -2.58. The van der Waals surface area contributed by atoms with E-state index in [2.05, 4.69) is 30.7 Å². The molecule has 1 unspecified atom stereocenters. The highest BCUT2D eigenvalue weighted by atomic mass is 15.3. The average molecular weight is 225 g/mol. The van der Waals surface area contributed by atoms with Gasteiger partial charge < -0.3 is 10.6 Å². The van der Waals surface area contributed by atoms with Gasteiger partial charge in [-0.3, -0.25) is 4.90 Å². The molecule has 0 aliphatic carbocycles. The molecule has 0 saturated carbocycles. The van der Waals surface area contributed by atoms with E-state index >= 15 is 0 Å². The molecule has 0 aromatic rings. The van der Waals surface area contributed by atoms with Crippen molar-refractivity contribution >= 4 is 0 Å². The summed E-state index contributed by atoms with van der Waals surface area (Å²) in [5.74, 6) is 0.782. The molecule has 3 nitrogen and oxygen atoms in total. The fourth-order valence-electron chi connectivity index (χ4n) is 3.50. The van der Waals surface area contributed by atoms with Gasteiger partial charge in [0.25, 0.3) is 0 Å². The summed E-state index contributed by atoms with van der Waals surface area (Å²) >= 11 is 0. The van der Waals surface area contributed by atoms with Gasteiger partial charge in [0.15, 0.2) is 0 Å². The minimum Gasteiger partial charge on any atom is -0.326 e. The second-order valence-electron chi connectivity index (χ2n) is 6.11. The zero-order chi connectivity index (χ0) is 11.8. The summed E-state index contributed by atoms with van der Waals surface area (Å²) in [5.41, 5.74) is 6.65. The first-order valence-corrected chi connectivity index (χ1v) is 6.74. The molecule has 0 amide bonds. The van der Waals surface area contributed by atoms with Crippen LogP contribution in [-0.2, 0) is 0 Å². The molecule has 2 aliphatic rings. The van der Waals surface area contributed by atoms with Crippen LogP contribution in [0.5, 0.6) is 0 Å². The second kappa shape index (κ2) is 4.63. The van der Waals surface area contributed by atoms with Crippen molar-refractivity contribution in [2.45, 2.75) is 44.7 Å². The Hall–Kier alpha value is -0.120. The van der Waals surface area contributed by atoms with E-state index in [1.54, 1.807) is 0 Å². The molecule has 2 fully saturated rings. The van der Waals surface area contributed by atoms with Gasteiger partial charge in [-0.15, -0.1) is 0 Å². The Morgan fingerprint density at radius 1 is 1.25 bits per heavy atom. The van der Waals surface area contributed by atoms with Gasteiger partial charge in [-0.05, 0) is 51.9 Å². The van der Waals surface area contributed by atoms with Gasteiger partial charge >= 0.3 is 0 Å². The number of hydrogen-bond donors (Lipinski definition) is 1. The van der Waals surface area contributed by atoms with E-state index in [4.69, 9.17) is 5.73 Å². The topological polar surface area (TPSA) is 32.5 Å². The van der Waals surface area contributed by atoms with E-state index in [-0.39, 0.29) is 0 Å². The van der Waals surface area contributed by atoms with Crippen LogP contribution in [0.2, 0.25) is 0 Å². The highest BCUT2D eigenvalue weighted by Gasteiger charge is 2.46. The van der Waals surface area contributed by atoms with E-state index in [9.17, 15) is 0 Å². The van der Waals surface area contributed by atoms with Crippen LogP contribution in [0, 0.1) is 5.92 Å². The molecule has 2 saturated heterocycles. The van der Waals surface area contributed by atoms with Crippen molar-refractivity contribution in [2.75, 3.05) is 33.2 Å². The van der Waals surface area contributed by atoms with E-state index in [1.165, 1.54) is 45.4 Å². The summed E-state index contributed by atoms with van der Waals surface area (Å²) in [4.78, 5) is 5.12. The van der Waals surface area contributed by atoms with E-state index < -0.39 is 0 Å². The van der Waals surface area contributed by atoms with Gasteiger partial charge in [-0.2, -0.15) is 0 Å². The van der Waals surface area contributed by atoms with Gasteiger partial charge in [-0.25, -0.2) is 0 Å². The number of likely N-dealkylation sites (N-methyl/N-ethyl adjacent to an activating group) is 1. The molecule has 16 heavy (non-hydrogen) atoms. The molecule has 0 radical (unpaired) electrons. The molecule has 0 aromatic heterocycles. The molecule has 94 valence electrons. The minimum absolute atomic E-state index is 0.327. The number of rotatable bonds is 2. The van der Waals surface area contributed by atoms with Crippen molar-refractivity contribution in [3.63, 3.8) is 0 Å². The first kappa shape index (κ1) is 12.3. The second-order valence-corrected chi connectivity index (χ2v) is 6.11. The molecule has 0 aromatic carbocycles. The van der Waals surface area contributed by atoms with Crippen LogP contribution < -0.4 is 5.73 Å². The van der Waals surface area contributed by atoms with Crippen molar-refractivity contribution in [1.82, 2.24) is 9.80 Å². The van der Waals surface area contributed by atoms with Crippen LogP contribution in [0.4, 0.5) is 0 Å². The van der Waals surface area contributed by atoms with Gasteiger partial charge in [0.1, 0.15) is 0 Å². The zero-order valence-corrected chi connectivity index (χ0v) is 11.1. The van der Waals surface area contributed by atoms with E-state index in [0.717, 1.165) is 5.92 Å². The summed E-state index contributed by atoms with van der Waals surface area (Å²) < 4.78 is 0. The first-order valence-electron chi connectivity index (χ1n) is 6.74. The predicted octanol–water partition coefficient (Wildman–Crippen LogP) is 1.14. The molecule has 2 aliphatic heterocycles. The molecule has 1 atom stereocenters. The molecule has 2 rings (SSSR count). The highest BCUT2D eigenvalue weighted by Crippen LogP contribution is 2.36. The summed E-state index contributed by atoms with van der Waals surface area (Å²) in [6.45, 7) is 9.50. The number of piperidine rings is 1. The largest absolute Gasteiger partial charge is 0.326 e. The normalized spacial score (nSPS) is 31.7. The average Bonchev–Trinajstić information content (AvgIpc) is 2.50. The fourth-order valence-corrected chi connectivity index (χ4v) is 3.50. The van der Waals surface area contributed by atoms with Crippen LogP contribution in [0.15, 0.2) is 0 Å². The summed E-state index contributed by atoms with van der Waals surface area (Å²) in [6.07, 6.45) is 3.70. The van der Waals surface area contributed by atoms with Gasteiger partial charge in [-0.1, -0.05) is 13.8 Å². The fraction of sp³-hybridized carbons (Fsp3) is 1.00. The van der Waals surface area contributed by atoms with Crippen molar-refractivity contribution in [1.29, 1.82) is 0 Å². The third-order valence-electron chi connectivity index (χ3n) is 4.57. The van der Waals surface area contributed by atoms with Crippen LogP contribution in [-0.4, -0.2) is 54.6 Å². The lowest BCUT2D eigenvalue weighted by Gasteiger charge is -2.46. The molecular formula is C13H27N3. The molecular weight excluding hydrogens is 198 g/mol. The van der Waals surface area contributed by atoms with Crippen molar-refractivity contribution in [3.05, 3.63) is 0 Å². The third kappa shape index (κ3) is 2.13. The Labute approximate surface area is 100.0 Å². The van der Waals surface area contributed by atoms with Crippen LogP contribution in [0.25, 0.3) is 0 Å². The summed E-state index contributed by atoms with van der Waals surface area (Å²) in [5, 5.41) is 0. The maximum absolute atomic E-state index is 6.32. The van der Waals surface area contributed by atoms with Gasteiger partial charge in [0.2, 0.25) is 0 Å². The Morgan fingerprint density at radius 2 is 1.88 bits per heavy atom. The SMILES string of the molecule is CC(C)CN1CCC2(CC1)C(N)CCN2C. The maximum atomic E-state index is 6.32. The lowest BCUT2D eigenvalue weighted by atomic mass is 9.81. The molecule has 2 N–H and O–H groups in total. The monoisotopic (exact) mass is 225 g/mol. The summed E-state index contributed by atoms with van der Waals surface area (Å²) in [7, 11) is 2.25. The number of nitrogens with zero attached hydrogens (tertiary/aromatic N) is 2. The lowest BCUT2D eigenvalue weighted by molar-refractivity contribution is 0.0560. The van der Waals surface area contributed by atoms with Crippen LogP contribution in [0.1, 0.15) is 33.1 Å². The standard InChI is InChI=1S/C13H27N3/c1-11(2)10-16-8-5-13(6-9-16)12(14)4-7-15(13)3/h11-12H,4-10,14H2,1-3H3.